The van der Waals surface area contributed by atoms with E-state index in [4.69, 9.17) is 4.74 Å². The van der Waals surface area contributed by atoms with Crippen molar-refractivity contribution < 1.29 is 41.0 Å². The molecule has 1 aliphatic rings. The monoisotopic (exact) mass is 766 g/mol. The summed E-state index contributed by atoms with van der Waals surface area (Å²) in [6.07, 6.45) is -3.89. The summed E-state index contributed by atoms with van der Waals surface area (Å²) in [4.78, 5) is 27.6. The molecule has 3 atom stereocenters. The number of rotatable bonds is 14. The lowest BCUT2D eigenvalue weighted by atomic mass is 9.81. The van der Waals surface area contributed by atoms with Gasteiger partial charge in [-0.25, -0.2) is 8.42 Å². The number of nitrogens with zero attached hydrogens (tertiary/aromatic N) is 1. The molecule has 4 aromatic carbocycles. The SMILES string of the molecule is C[C@@H](NC(=O)c1cc(C(=O)N[C@@H](Cc2ccccc2)[C@H](O)CNC2(c3cccc(C(F)(F)F)c3)CCOCC2)cc(N(C)S(C)(=O)=O)c1)c1ccccc1. The fourth-order valence-electron chi connectivity index (χ4n) is 6.48. The van der Waals surface area contributed by atoms with Crippen molar-refractivity contribution in [1.82, 2.24) is 16.0 Å². The Bertz CT molecular complexity index is 2010. The third kappa shape index (κ3) is 10.3. The molecule has 288 valence electrons. The largest absolute Gasteiger partial charge is 0.416 e. The molecule has 1 saturated heterocycles. The molecular weight excluding hydrogens is 722 g/mol. The van der Waals surface area contributed by atoms with Gasteiger partial charge in [-0.15, -0.1) is 0 Å². The standard InChI is InChI=1S/C40H45F3N4O6S/c1-27(29-13-8-5-9-14-29)45-37(49)30-22-31(24-34(23-30)47(2)54(3,51)52)38(50)46-35(21-28-11-6-4-7-12-28)36(48)26-44-39(17-19-53-20-18-39)32-15-10-16-33(25-32)40(41,42)43/h4-16,22-25,27,35-36,44,48H,17-21,26H2,1-3H3,(H,45,49)(H,46,50)/t27-,35+,36-/m1/s1. The summed E-state index contributed by atoms with van der Waals surface area (Å²) in [5.74, 6) is -1.21. The lowest BCUT2D eigenvalue weighted by Crippen LogP contribution is -2.54. The first-order chi connectivity index (χ1) is 25.6. The summed E-state index contributed by atoms with van der Waals surface area (Å²) in [6, 6.07) is 26.2. The molecular formula is C40H45F3N4O6S. The number of anilines is 1. The second kappa shape index (κ2) is 17.1. The number of sulfonamides is 1. The van der Waals surface area contributed by atoms with E-state index in [9.17, 15) is 36.3 Å². The van der Waals surface area contributed by atoms with Gasteiger partial charge in [-0.05, 0) is 73.2 Å². The number of benzene rings is 4. The number of nitrogens with one attached hydrogen (secondary N) is 3. The van der Waals surface area contributed by atoms with Gasteiger partial charge in [0.25, 0.3) is 11.8 Å². The number of carbonyl (C=O) groups is 2. The van der Waals surface area contributed by atoms with Crippen LogP contribution >= 0.6 is 0 Å². The van der Waals surface area contributed by atoms with E-state index >= 15 is 0 Å². The van der Waals surface area contributed by atoms with Crippen LogP contribution in [0.3, 0.4) is 0 Å². The first kappa shape index (κ1) is 40.4. The topological polar surface area (TPSA) is 137 Å². The van der Waals surface area contributed by atoms with E-state index in [2.05, 4.69) is 16.0 Å². The van der Waals surface area contributed by atoms with Crippen LogP contribution in [-0.4, -0.2) is 70.5 Å². The molecule has 1 fully saturated rings. The van der Waals surface area contributed by atoms with Gasteiger partial charge in [0.2, 0.25) is 10.0 Å². The van der Waals surface area contributed by atoms with Crippen LogP contribution < -0.4 is 20.3 Å². The molecule has 54 heavy (non-hydrogen) atoms. The minimum Gasteiger partial charge on any atom is -0.390 e. The minimum atomic E-state index is -4.54. The molecule has 0 aliphatic carbocycles. The lowest BCUT2D eigenvalue weighted by molar-refractivity contribution is -0.137. The third-order valence-electron chi connectivity index (χ3n) is 9.77. The summed E-state index contributed by atoms with van der Waals surface area (Å²) in [6.45, 7) is 2.29. The summed E-state index contributed by atoms with van der Waals surface area (Å²) in [7, 11) is -2.48. The molecule has 4 N–H and O–H groups in total. The number of amides is 2. The van der Waals surface area contributed by atoms with E-state index in [0.29, 0.717) is 31.6 Å². The van der Waals surface area contributed by atoms with Gasteiger partial charge in [0.1, 0.15) is 0 Å². The van der Waals surface area contributed by atoms with Crippen molar-refractivity contribution in [2.24, 2.45) is 0 Å². The van der Waals surface area contributed by atoms with Gasteiger partial charge < -0.3 is 25.8 Å². The first-order valence-corrected chi connectivity index (χ1v) is 19.4. The fraction of sp³-hybridized carbons (Fsp3) is 0.350. The van der Waals surface area contributed by atoms with E-state index in [1.807, 2.05) is 60.7 Å². The van der Waals surface area contributed by atoms with Crippen LogP contribution in [0.2, 0.25) is 0 Å². The van der Waals surface area contributed by atoms with Crippen molar-refractivity contribution in [1.29, 1.82) is 0 Å². The molecule has 0 aromatic heterocycles. The normalized spacial score (nSPS) is 16.1. The number of halogens is 3. The zero-order chi connectivity index (χ0) is 39.1. The number of ether oxygens (including phenoxy) is 1. The molecule has 14 heteroatoms. The van der Waals surface area contributed by atoms with Crippen molar-refractivity contribution in [3.05, 3.63) is 137 Å². The number of hydrogen-bond donors (Lipinski definition) is 4. The molecule has 2 amide bonds. The molecule has 0 bridgehead atoms. The van der Waals surface area contributed by atoms with Crippen LogP contribution in [0.1, 0.15) is 68.8 Å². The summed E-state index contributed by atoms with van der Waals surface area (Å²) in [5.41, 5.74) is 0.419. The van der Waals surface area contributed by atoms with Crippen LogP contribution in [0.5, 0.6) is 0 Å². The van der Waals surface area contributed by atoms with Crippen molar-refractivity contribution in [2.75, 3.05) is 37.4 Å². The highest BCUT2D eigenvalue weighted by molar-refractivity contribution is 7.92. The highest BCUT2D eigenvalue weighted by Gasteiger charge is 2.38. The average Bonchev–Trinajstić information content (AvgIpc) is 3.16. The maximum atomic E-state index is 14.0. The number of alkyl halides is 3. The summed E-state index contributed by atoms with van der Waals surface area (Å²) in [5, 5.41) is 20.8. The predicted molar refractivity (Wildman–Crippen MR) is 201 cm³/mol. The zero-order valence-corrected chi connectivity index (χ0v) is 31.1. The van der Waals surface area contributed by atoms with Crippen molar-refractivity contribution in [2.45, 2.75) is 56.1 Å². The molecule has 1 heterocycles. The van der Waals surface area contributed by atoms with Crippen LogP contribution in [0.15, 0.2) is 103 Å². The van der Waals surface area contributed by atoms with Crippen LogP contribution in [-0.2, 0) is 32.9 Å². The zero-order valence-electron chi connectivity index (χ0n) is 30.3. The molecule has 1 aliphatic heterocycles. The van der Waals surface area contributed by atoms with Crippen molar-refractivity contribution in [3.63, 3.8) is 0 Å². The van der Waals surface area contributed by atoms with E-state index in [0.717, 1.165) is 33.8 Å². The van der Waals surface area contributed by atoms with Gasteiger partial charge in [-0.1, -0.05) is 72.8 Å². The van der Waals surface area contributed by atoms with Gasteiger partial charge in [-0.2, -0.15) is 13.2 Å². The Morgan fingerprint density at radius 2 is 1.46 bits per heavy atom. The Balaban J connectivity index is 1.43. The number of aliphatic hydroxyl groups excluding tert-OH is 1. The second-order valence-electron chi connectivity index (χ2n) is 13.6. The van der Waals surface area contributed by atoms with Gasteiger partial charge in [0.05, 0.1) is 35.7 Å². The third-order valence-corrected chi connectivity index (χ3v) is 11.0. The highest BCUT2D eigenvalue weighted by atomic mass is 32.2. The highest BCUT2D eigenvalue weighted by Crippen LogP contribution is 2.36. The first-order valence-electron chi connectivity index (χ1n) is 17.5. The van der Waals surface area contributed by atoms with Crippen LogP contribution in [0.4, 0.5) is 18.9 Å². The smallest absolute Gasteiger partial charge is 0.390 e. The summed E-state index contributed by atoms with van der Waals surface area (Å²) >= 11 is 0. The van der Waals surface area contributed by atoms with E-state index < -0.39 is 57.3 Å². The van der Waals surface area contributed by atoms with E-state index in [1.54, 1.807) is 13.0 Å². The Morgan fingerprint density at radius 1 is 0.870 bits per heavy atom. The lowest BCUT2D eigenvalue weighted by Gasteiger charge is -2.40. The second-order valence-corrected chi connectivity index (χ2v) is 15.6. The number of carbonyl (C=O) groups excluding carboxylic acids is 2. The maximum absolute atomic E-state index is 14.0. The number of aliphatic hydroxyl groups is 1. The average molecular weight is 767 g/mol. The Labute approximate surface area is 313 Å². The fourth-order valence-corrected chi connectivity index (χ4v) is 6.97. The predicted octanol–water partition coefficient (Wildman–Crippen LogP) is 5.59. The quantitative estimate of drug-likeness (QED) is 0.131. The van der Waals surface area contributed by atoms with Gasteiger partial charge in [-0.3, -0.25) is 13.9 Å². The van der Waals surface area contributed by atoms with E-state index in [-0.39, 0.29) is 29.8 Å². The maximum Gasteiger partial charge on any atom is 0.416 e. The van der Waals surface area contributed by atoms with Crippen LogP contribution in [0, 0.1) is 0 Å². The Morgan fingerprint density at radius 3 is 2.06 bits per heavy atom. The molecule has 0 unspecified atom stereocenters. The minimum absolute atomic E-state index is 0.0244. The van der Waals surface area contributed by atoms with E-state index in [1.165, 1.54) is 31.3 Å². The summed E-state index contributed by atoms with van der Waals surface area (Å²) < 4.78 is 72.7. The number of hydrogen-bond acceptors (Lipinski definition) is 7. The molecule has 0 spiro atoms. The van der Waals surface area contributed by atoms with Gasteiger partial charge in [0, 0.05) is 43.5 Å². The van der Waals surface area contributed by atoms with Gasteiger partial charge >= 0.3 is 6.18 Å². The molecule has 0 radical (unpaired) electrons. The molecule has 4 aromatic rings. The van der Waals surface area contributed by atoms with Crippen molar-refractivity contribution >= 4 is 27.5 Å². The molecule has 10 nitrogen and oxygen atoms in total. The van der Waals surface area contributed by atoms with Crippen LogP contribution in [0.25, 0.3) is 0 Å². The Kier molecular flexibility index (Phi) is 12.8. The Hall–Kier alpha value is -4.76. The molecule has 5 rings (SSSR count). The molecule has 0 saturated carbocycles. The van der Waals surface area contributed by atoms with Crippen molar-refractivity contribution in [3.8, 4) is 0 Å². The van der Waals surface area contributed by atoms with Gasteiger partial charge in [0.15, 0.2) is 0 Å².